The summed E-state index contributed by atoms with van der Waals surface area (Å²) in [6.45, 7) is 3.22. The number of benzene rings is 1. The Morgan fingerprint density at radius 1 is 1.21 bits per heavy atom. The Kier molecular flexibility index (Phi) is 3.19. The number of rotatable bonds is 2. The second kappa shape index (κ2) is 5.55. The average Bonchev–Trinajstić information content (AvgIpc) is 3.47. The smallest absolute Gasteiger partial charge is 0.209 e. The minimum Gasteiger partial charge on any atom is -0.369 e. The summed E-state index contributed by atoms with van der Waals surface area (Å²) in [6.07, 6.45) is 5.46. The minimum absolute atomic E-state index is 0.401. The van der Waals surface area contributed by atoms with Crippen LogP contribution >= 0.6 is 11.6 Å². The molecule has 9 nitrogen and oxygen atoms in total. The summed E-state index contributed by atoms with van der Waals surface area (Å²) in [6, 6.07) is 8.03. The fourth-order valence-electron chi connectivity index (χ4n) is 4.22. The van der Waals surface area contributed by atoms with E-state index in [9.17, 15) is 0 Å². The van der Waals surface area contributed by atoms with E-state index in [-0.39, 0.29) is 0 Å². The fraction of sp³-hybridized carbons (Fsp3) is 0.333. The van der Waals surface area contributed by atoms with Gasteiger partial charge in [0, 0.05) is 12.2 Å². The SMILES string of the molecule is CC1(c2cnnn2N2CN=C3c4ccccc4-n4c(cnc4Cl)N32)CCCO1. The molecule has 0 N–H and O–H groups in total. The first kappa shape index (κ1) is 16.1. The predicted octanol–water partition coefficient (Wildman–Crippen LogP) is 2.23. The highest BCUT2D eigenvalue weighted by atomic mass is 35.5. The van der Waals surface area contributed by atoms with Gasteiger partial charge in [-0.1, -0.05) is 12.1 Å². The highest BCUT2D eigenvalue weighted by Gasteiger charge is 2.42. The van der Waals surface area contributed by atoms with Crippen molar-refractivity contribution < 1.29 is 4.74 Å². The number of aromatic nitrogens is 5. The lowest BCUT2D eigenvalue weighted by atomic mass is 9.99. The predicted molar refractivity (Wildman–Crippen MR) is 103 cm³/mol. The van der Waals surface area contributed by atoms with Crippen LogP contribution in [0.1, 0.15) is 31.0 Å². The quantitative estimate of drug-likeness (QED) is 0.661. The van der Waals surface area contributed by atoms with Gasteiger partial charge in [-0.3, -0.25) is 4.57 Å². The van der Waals surface area contributed by atoms with Crippen LogP contribution in [-0.4, -0.2) is 43.8 Å². The minimum atomic E-state index is -0.419. The van der Waals surface area contributed by atoms with Crippen molar-refractivity contribution in [3.05, 3.63) is 53.2 Å². The van der Waals surface area contributed by atoms with Crippen molar-refractivity contribution >= 4 is 23.3 Å². The Hall–Kier alpha value is -2.91. The van der Waals surface area contributed by atoms with Crippen LogP contribution in [0.3, 0.4) is 0 Å². The summed E-state index contributed by atoms with van der Waals surface area (Å²) in [5.74, 6) is 1.64. The van der Waals surface area contributed by atoms with E-state index >= 15 is 0 Å². The lowest BCUT2D eigenvalue weighted by molar-refractivity contribution is 0.00920. The summed E-state index contributed by atoms with van der Waals surface area (Å²) in [5, 5.41) is 12.8. The third-order valence-corrected chi connectivity index (χ3v) is 5.86. The van der Waals surface area contributed by atoms with Crippen LogP contribution in [0.25, 0.3) is 5.69 Å². The molecule has 0 radical (unpaired) electrons. The molecule has 10 heteroatoms. The number of amidine groups is 1. The van der Waals surface area contributed by atoms with E-state index in [0.29, 0.717) is 12.0 Å². The lowest BCUT2D eigenvalue weighted by Crippen LogP contribution is -2.53. The van der Waals surface area contributed by atoms with Crippen LogP contribution in [0, 0.1) is 0 Å². The summed E-state index contributed by atoms with van der Waals surface area (Å²) in [7, 11) is 0. The van der Waals surface area contributed by atoms with Crippen molar-refractivity contribution in [3.63, 3.8) is 0 Å². The topological polar surface area (TPSA) is 76.6 Å². The number of hydrogen-bond donors (Lipinski definition) is 0. The normalized spacial score (nSPS) is 22.9. The standard InChI is InChI=1S/C18H17ClN8O/c1-18(7-4-8-28-18)14-9-22-23-27(14)24-11-21-16-12-5-2-3-6-13(12)25-15(26(16)24)10-20-17(25)19/h2-3,5-6,9-10H,4,7-8,11H2,1H3. The molecular weight excluding hydrogens is 380 g/mol. The van der Waals surface area contributed by atoms with E-state index in [1.165, 1.54) is 0 Å². The van der Waals surface area contributed by atoms with Gasteiger partial charge in [0.25, 0.3) is 0 Å². The molecule has 1 aromatic carbocycles. The van der Waals surface area contributed by atoms with Crippen molar-refractivity contribution in [2.75, 3.05) is 23.4 Å². The van der Waals surface area contributed by atoms with Gasteiger partial charge in [0.1, 0.15) is 11.3 Å². The van der Waals surface area contributed by atoms with Crippen molar-refractivity contribution in [2.24, 2.45) is 4.99 Å². The Morgan fingerprint density at radius 3 is 2.96 bits per heavy atom. The highest BCUT2D eigenvalue weighted by Crippen LogP contribution is 2.38. The molecule has 3 aliphatic heterocycles. The number of para-hydroxylation sites is 1. The van der Waals surface area contributed by atoms with Crippen molar-refractivity contribution in [1.29, 1.82) is 0 Å². The molecule has 0 saturated carbocycles. The van der Waals surface area contributed by atoms with Gasteiger partial charge < -0.3 is 4.74 Å². The van der Waals surface area contributed by atoms with Crippen molar-refractivity contribution in [1.82, 2.24) is 24.7 Å². The van der Waals surface area contributed by atoms with Crippen LogP contribution in [0.15, 0.2) is 41.7 Å². The molecule has 0 aliphatic carbocycles. The van der Waals surface area contributed by atoms with Gasteiger partial charge in [-0.15, -0.1) is 9.89 Å². The van der Waals surface area contributed by atoms with Gasteiger partial charge in [-0.25, -0.2) is 9.98 Å². The summed E-state index contributed by atoms with van der Waals surface area (Å²) < 4.78 is 7.94. The molecule has 142 valence electrons. The number of hydrogen-bond acceptors (Lipinski definition) is 7. The van der Waals surface area contributed by atoms with E-state index in [1.807, 2.05) is 39.0 Å². The maximum absolute atomic E-state index is 6.42. The van der Waals surface area contributed by atoms with Gasteiger partial charge in [0.05, 0.1) is 18.1 Å². The Labute approximate surface area is 165 Å². The fourth-order valence-corrected chi connectivity index (χ4v) is 4.45. The first-order valence-electron chi connectivity index (χ1n) is 9.18. The Morgan fingerprint density at radius 2 is 2.11 bits per heavy atom. The number of hydrazine groups is 1. The molecule has 6 rings (SSSR count). The molecule has 0 bridgehead atoms. The summed E-state index contributed by atoms with van der Waals surface area (Å²) in [5.41, 5.74) is 2.43. The van der Waals surface area contributed by atoms with Gasteiger partial charge in [-0.05, 0) is 48.7 Å². The van der Waals surface area contributed by atoms with E-state index in [0.717, 1.165) is 48.0 Å². The second-order valence-corrected chi connectivity index (χ2v) is 7.57. The molecule has 3 aromatic rings. The van der Waals surface area contributed by atoms with Crippen LogP contribution < -0.4 is 10.1 Å². The average molecular weight is 397 g/mol. The third-order valence-electron chi connectivity index (χ3n) is 5.59. The van der Waals surface area contributed by atoms with E-state index in [4.69, 9.17) is 21.3 Å². The second-order valence-electron chi connectivity index (χ2n) is 7.24. The first-order chi connectivity index (χ1) is 13.7. The van der Waals surface area contributed by atoms with Gasteiger partial charge >= 0.3 is 0 Å². The molecule has 0 spiro atoms. The number of nitrogens with zero attached hydrogens (tertiary/aromatic N) is 8. The maximum Gasteiger partial charge on any atom is 0.209 e. The van der Waals surface area contributed by atoms with Crippen molar-refractivity contribution in [3.8, 4) is 5.69 Å². The Bertz CT molecular complexity index is 1110. The number of halogens is 1. The third kappa shape index (κ3) is 2.00. The molecule has 5 heterocycles. The van der Waals surface area contributed by atoms with Crippen LogP contribution in [-0.2, 0) is 10.3 Å². The van der Waals surface area contributed by atoms with Crippen LogP contribution in [0.4, 0.5) is 5.82 Å². The zero-order valence-electron chi connectivity index (χ0n) is 15.2. The Balaban J connectivity index is 1.50. The monoisotopic (exact) mass is 396 g/mol. The molecule has 1 unspecified atom stereocenters. The zero-order valence-corrected chi connectivity index (χ0v) is 15.9. The molecular formula is C18H17ClN8O. The number of aliphatic imine (C=N–C) groups is 1. The van der Waals surface area contributed by atoms with Gasteiger partial charge in [0.15, 0.2) is 18.3 Å². The van der Waals surface area contributed by atoms with E-state index in [2.05, 4.69) is 22.2 Å². The maximum atomic E-state index is 6.42. The van der Waals surface area contributed by atoms with Crippen LogP contribution in [0.5, 0.6) is 0 Å². The molecule has 0 amide bonds. The number of imidazole rings is 1. The van der Waals surface area contributed by atoms with E-state index < -0.39 is 5.60 Å². The zero-order chi connectivity index (χ0) is 18.9. The van der Waals surface area contributed by atoms with Gasteiger partial charge in [0.2, 0.25) is 5.28 Å². The van der Waals surface area contributed by atoms with Crippen LogP contribution in [0.2, 0.25) is 5.28 Å². The van der Waals surface area contributed by atoms with E-state index in [1.54, 1.807) is 17.2 Å². The molecule has 1 fully saturated rings. The largest absolute Gasteiger partial charge is 0.369 e. The first-order valence-corrected chi connectivity index (χ1v) is 9.56. The highest BCUT2D eigenvalue weighted by molar-refractivity contribution is 6.29. The number of anilines is 1. The molecule has 1 atom stereocenters. The van der Waals surface area contributed by atoms with Crippen molar-refractivity contribution in [2.45, 2.75) is 25.4 Å². The number of ether oxygens (including phenoxy) is 1. The lowest BCUT2D eigenvalue weighted by Gasteiger charge is -2.36. The number of fused-ring (bicyclic) bond motifs is 6. The summed E-state index contributed by atoms with van der Waals surface area (Å²) >= 11 is 6.42. The molecule has 2 aromatic heterocycles. The van der Waals surface area contributed by atoms with Gasteiger partial charge in [-0.2, -0.15) is 10.1 Å². The summed E-state index contributed by atoms with van der Waals surface area (Å²) in [4.78, 5) is 10.9. The molecule has 3 aliphatic rings. The molecule has 1 saturated heterocycles. The molecule has 28 heavy (non-hydrogen) atoms.